The molecule has 2 aliphatic rings. The Bertz CT molecular complexity index is 882. The normalized spacial score (nSPS) is 26.3. The molecule has 0 aromatic heterocycles. The maximum Gasteiger partial charge on any atom is 0.386 e. The van der Waals surface area contributed by atoms with Crippen molar-refractivity contribution in [1.29, 1.82) is 0 Å². The van der Waals surface area contributed by atoms with Crippen LogP contribution in [0, 0.1) is 29.4 Å². The van der Waals surface area contributed by atoms with Crippen molar-refractivity contribution in [1.82, 2.24) is 0 Å². The molecule has 0 unspecified atom stereocenters. The fourth-order valence-corrected chi connectivity index (χ4v) is 5.65. The minimum Gasteiger partial charge on any atom is -0.313 e. The molecule has 1 nitrogen and oxygen atoms in total. The molecule has 0 bridgehead atoms. The van der Waals surface area contributed by atoms with Gasteiger partial charge in [-0.1, -0.05) is 19.1 Å². The Balaban J connectivity index is 1.54. The number of allylic oxidation sites excluding steroid dienone is 2. The van der Waals surface area contributed by atoms with E-state index < -0.39 is 41.3 Å². The van der Waals surface area contributed by atoms with E-state index in [0.29, 0.717) is 57.8 Å². The van der Waals surface area contributed by atoms with E-state index in [1.54, 1.807) is 6.92 Å². The van der Waals surface area contributed by atoms with E-state index in [0.717, 1.165) is 6.07 Å². The van der Waals surface area contributed by atoms with Crippen LogP contribution in [0.4, 0.5) is 30.7 Å². The minimum atomic E-state index is -3.99. The molecule has 2 aliphatic carbocycles. The third-order valence-corrected chi connectivity index (χ3v) is 8.12. The predicted octanol–water partition coefficient (Wildman–Crippen LogP) is 9.64. The molecule has 36 heavy (non-hydrogen) atoms. The van der Waals surface area contributed by atoms with Crippen LogP contribution in [0.5, 0.6) is 0 Å². The van der Waals surface area contributed by atoms with Crippen LogP contribution in [0.2, 0.25) is 0 Å². The molecule has 2 saturated carbocycles. The Morgan fingerprint density at radius 1 is 0.917 bits per heavy atom. The first-order valence-corrected chi connectivity index (χ1v) is 13.2. The summed E-state index contributed by atoms with van der Waals surface area (Å²) >= 11 is 0. The summed E-state index contributed by atoms with van der Waals surface area (Å²) in [6.07, 6.45) is 0.940. The average Bonchev–Trinajstić information content (AvgIpc) is 2.86. The van der Waals surface area contributed by atoms with Crippen molar-refractivity contribution in [2.45, 2.75) is 109 Å². The number of halogens is 7. The van der Waals surface area contributed by atoms with Gasteiger partial charge in [-0.2, -0.15) is 8.78 Å². The van der Waals surface area contributed by atoms with Gasteiger partial charge in [-0.15, -0.1) is 0 Å². The van der Waals surface area contributed by atoms with Gasteiger partial charge in [-0.3, -0.25) is 0 Å². The molecular formula is C28H37F7O. The lowest BCUT2D eigenvalue weighted by atomic mass is 9.76. The lowest BCUT2D eigenvalue weighted by Gasteiger charge is -2.33. The Morgan fingerprint density at radius 2 is 1.53 bits per heavy atom. The van der Waals surface area contributed by atoms with Crippen molar-refractivity contribution in [3.05, 3.63) is 46.8 Å². The standard InChI is InChI=1S/C28H37F7O/c1-3-22(29)17-19-8-14-23(15-9-19)36-28(34,35)24-16-11-20(25(30)26(24)31)10-5-18-6-12-21(13-7-18)27(32,33)4-2/h3,11,16,18-19,21,23H,4-10,12-15,17H2,1-2H3. The number of rotatable bonds is 10. The van der Waals surface area contributed by atoms with Gasteiger partial charge in [-0.05, 0) is 94.6 Å². The number of alkyl halides is 4. The Morgan fingerprint density at radius 3 is 2.11 bits per heavy atom. The third-order valence-electron chi connectivity index (χ3n) is 8.12. The second-order valence-corrected chi connectivity index (χ2v) is 10.5. The minimum absolute atomic E-state index is 0.000393. The topological polar surface area (TPSA) is 9.23 Å². The molecule has 2 fully saturated rings. The number of hydrogen-bond acceptors (Lipinski definition) is 1. The molecule has 0 aliphatic heterocycles. The van der Waals surface area contributed by atoms with Crippen LogP contribution in [0.15, 0.2) is 24.0 Å². The summed E-state index contributed by atoms with van der Waals surface area (Å²) in [4.78, 5) is 0. The summed E-state index contributed by atoms with van der Waals surface area (Å²) < 4.78 is 105. The molecule has 0 spiro atoms. The highest BCUT2D eigenvalue weighted by Crippen LogP contribution is 2.42. The quantitative estimate of drug-likeness (QED) is 0.278. The summed E-state index contributed by atoms with van der Waals surface area (Å²) in [6.45, 7) is 3.08. The monoisotopic (exact) mass is 522 g/mol. The molecular weight excluding hydrogens is 485 g/mol. The first kappa shape index (κ1) is 29.0. The fraction of sp³-hybridized carbons (Fsp3) is 0.714. The second kappa shape index (κ2) is 12.3. The van der Waals surface area contributed by atoms with Gasteiger partial charge in [0.15, 0.2) is 11.6 Å². The second-order valence-electron chi connectivity index (χ2n) is 10.5. The van der Waals surface area contributed by atoms with E-state index in [4.69, 9.17) is 4.74 Å². The van der Waals surface area contributed by atoms with Gasteiger partial charge in [0, 0.05) is 18.8 Å². The van der Waals surface area contributed by atoms with Crippen molar-refractivity contribution in [2.24, 2.45) is 17.8 Å². The van der Waals surface area contributed by atoms with Crippen molar-refractivity contribution >= 4 is 0 Å². The predicted molar refractivity (Wildman–Crippen MR) is 126 cm³/mol. The average molecular weight is 523 g/mol. The molecule has 204 valence electrons. The van der Waals surface area contributed by atoms with Crippen molar-refractivity contribution in [3.63, 3.8) is 0 Å². The first-order valence-electron chi connectivity index (χ1n) is 13.2. The van der Waals surface area contributed by atoms with Crippen LogP contribution in [-0.2, 0) is 17.3 Å². The maximum atomic E-state index is 14.8. The highest BCUT2D eigenvalue weighted by Gasteiger charge is 2.42. The van der Waals surface area contributed by atoms with Crippen LogP contribution in [-0.4, -0.2) is 12.0 Å². The van der Waals surface area contributed by atoms with Crippen molar-refractivity contribution < 1.29 is 35.5 Å². The smallest absolute Gasteiger partial charge is 0.313 e. The number of aryl methyl sites for hydroxylation is 1. The lowest BCUT2D eigenvalue weighted by Crippen LogP contribution is -2.31. The molecule has 1 aromatic rings. The van der Waals surface area contributed by atoms with Crippen LogP contribution in [0.3, 0.4) is 0 Å². The molecule has 0 saturated heterocycles. The Labute approximate surface area is 209 Å². The molecule has 0 radical (unpaired) electrons. The molecule has 0 atom stereocenters. The van der Waals surface area contributed by atoms with Gasteiger partial charge in [0.1, 0.15) is 0 Å². The van der Waals surface area contributed by atoms with Gasteiger partial charge < -0.3 is 4.74 Å². The Hall–Kier alpha value is -1.57. The number of benzene rings is 1. The summed E-state index contributed by atoms with van der Waals surface area (Å²) in [6, 6.07) is 2.04. The molecule has 1 aromatic carbocycles. The first-order chi connectivity index (χ1) is 17.0. The molecule has 0 amide bonds. The summed E-state index contributed by atoms with van der Waals surface area (Å²) in [5.74, 6) is -6.29. The van der Waals surface area contributed by atoms with Crippen LogP contribution >= 0.6 is 0 Å². The summed E-state index contributed by atoms with van der Waals surface area (Å²) in [5, 5.41) is 0. The Kier molecular flexibility index (Phi) is 9.92. The van der Waals surface area contributed by atoms with Gasteiger partial charge in [-0.25, -0.2) is 22.0 Å². The van der Waals surface area contributed by atoms with E-state index in [1.165, 1.54) is 19.1 Å². The SMILES string of the molecule is CC=C(F)CC1CCC(OC(F)(F)c2ccc(CCC3CCC(C(F)(F)CC)CC3)c(F)c2F)CC1. The molecule has 0 N–H and O–H groups in total. The van der Waals surface area contributed by atoms with E-state index in [2.05, 4.69) is 0 Å². The highest BCUT2D eigenvalue weighted by atomic mass is 19.3. The van der Waals surface area contributed by atoms with Gasteiger partial charge in [0.25, 0.3) is 5.92 Å². The summed E-state index contributed by atoms with van der Waals surface area (Å²) in [5.41, 5.74) is -1.13. The van der Waals surface area contributed by atoms with E-state index in [1.807, 2.05) is 0 Å². The van der Waals surface area contributed by atoms with E-state index in [9.17, 15) is 30.7 Å². The van der Waals surface area contributed by atoms with Gasteiger partial charge >= 0.3 is 6.11 Å². The zero-order valence-corrected chi connectivity index (χ0v) is 21.1. The fourth-order valence-electron chi connectivity index (χ4n) is 5.65. The van der Waals surface area contributed by atoms with Crippen molar-refractivity contribution in [3.8, 4) is 0 Å². The van der Waals surface area contributed by atoms with Crippen LogP contribution < -0.4 is 0 Å². The van der Waals surface area contributed by atoms with E-state index >= 15 is 0 Å². The maximum absolute atomic E-state index is 14.8. The zero-order chi connectivity index (χ0) is 26.5. The molecule has 3 rings (SSSR count). The van der Waals surface area contributed by atoms with Crippen molar-refractivity contribution in [2.75, 3.05) is 0 Å². The zero-order valence-electron chi connectivity index (χ0n) is 21.1. The number of hydrogen-bond donors (Lipinski definition) is 0. The third kappa shape index (κ3) is 7.26. The largest absolute Gasteiger partial charge is 0.386 e. The molecule has 8 heteroatoms. The van der Waals surface area contributed by atoms with Gasteiger partial charge in [0.2, 0.25) is 0 Å². The molecule has 0 heterocycles. The highest BCUT2D eigenvalue weighted by molar-refractivity contribution is 5.28. The lowest BCUT2D eigenvalue weighted by molar-refractivity contribution is -0.279. The number of ether oxygens (including phenoxy) is 1. The van der Waals surface area contributed by atoms with Gasteiger partial charge in [0.05, 0.1) is 17.5 Å². The van der Waals surface area contributed by atoms with Crippen LogP contribution in [0.1, 0.15) is 95.6 Å². The van der Waals surface area contributed by atoms with Crippen LogP contribution in [0.25, 0.3) is 0 Å². The van der Waals surface area contributed by atoms with E-state index in [-0.39, 0.29) is 42.5 Å². The summed E-state index contributed by atoms with van der Waals surface area (Å²) in [7, 11) is 0.